The van der Waals surface area contributed by atoms with Gasteiger partial charge in [-0.05, 0) is 43.2 Å². The van der Waals surface area contributed by atoms with E-state index in [0.717, 1.165) is 12.0 Å². The summed E-state index contributed by atoms with van der Waals surface area (Å²) in [6, 6.07) is 5.32. The molecule has 0 radical (unpaired) electrons. The van der Waals surface area contributed by atoms with E-state index in [9.17, 15) is 9.59 Å². The highest BCUT2D eigenvalue weighted by Gasteiger charge is 2.27. The lowest BCUT2D eigenvalue weighted by Crippen LogP contribution is -2.32. The molecule has 1 unspecified atom stereocenters. The first-order chi connectivity index (χ1) is 13.0. The summed E-state index contributed by atoms with van der Waals surface area (Å²) >= 11 is 5.79. The molecule has 2 amide bonds. The average Bonchev–Trinajstić information content (AvgIpc) is 3.13. The lowest BCUT2D eigenvalue weighted by atomic mass is 10.1. The number of benzene rings is 1. The molecule has 1 aromatic heterocycles. The summed E-state index contributed by atoms with van der Waals surface area (Å²) in [5.41, 5.74) is 2.07. The zero-order chi connectivity index (χ0) is 19.4. The number of amides is 2. The Morgan fingerprint density at radius 2 is 2.07 bits per heavy atom. The predicted octanol–water partition coefficient (Wildman–Crippen LogP) is 2.89. The van der Waals surface area contributed by atoms with Crippen molar-refractivity contribution in [2.24, 2.45) is 0 Å². The number of carbonyl (C=O) groups is 2. The number of halogens is 1. The van der Waals surface area contributed by atoms with Gasteiger partial charge < -0.3 is 15.5 Å². The minimum Gasteiger partial charge on any atom is -0.350 e. The molecule has 2 heterocycles. The molecule has 3 rings (SSSR count). The number of likely N-dealkylation sites (tertiary alicyclic amines) is 1. The Morgan fingerprint density at radius 1 is 1.33 bits per heavy atom. The molecule has 2 N–H and O–H groups in total. The highest BCUT2D eigenvalue weighted by atomic mass is 35.5. The first-order valence-electron chi connectivity index (χ1n) is 8.53. The quantitative estimate of drug-likeness (QED) is 0.773. The molecule has 140 valence electrons. The number of hydrogen-bond acceptors (Lipinski definition) is 5. The summed E-state index contributed by atoms with van der Waals surface area (Å²) < 4.78 is 0. The summed E-state index contributed by atoms with van der Waals surface area (Å²) in [5, 5.41) is 6.42. The summed E-state index contributed by atoms with van der Waals surface area (Å²) in [6.07, 6.45) is 5.08. The van der Waals surface area contributed by atoms with Crippen LogP contribution in [0.15, 0.2) is 43.2 Å². The van der Waals surface area contributed by atoms with Crippen LogP contribution in [0.25, 0.3) is 0 Å². The Kier molecular flexibility index (Phi) is 5.71. The van der Waals surface area contributed by atoms with Crippen molar-refractivity contribution in [1.29, 1.82) is 0 Å². The third kappa shape index (κ3) is 4.62. The largest absolute Gasteiger partial charge is 0.350 e. The van der Waals surface area contributed by atoms with E-state index in [-0.39, 0.29) is 17.9 Å². The smallest absolute Gasteiger partial charge is 0.253 e. The zero-order valence-electron chi connectivity index (χ0n) is 14.9. The van der Waals surface area contributed by atoms with Gasteiger partial charge >= 0.3 is 0 Å². The van der Waals surface area contributed by atoms with Crippen LogP contribution in [0, 0.1) is 6.92 Å². The molecule has 1 fully saturated rings. The molecule has 8 heteroatoms. The Balaban J connectivity index is 1.62. The second-order valence-electron chi connectivity index (χ2n) is 6.33. The standard InChI is InChI=1S/C19H20ClN5O2/c1-3-17(26)24-16-5-4-13(8-12(16)2)18(27)25-7-6-15(11-25)23-19-21-9-14(20)10-22-19/h3-5,8-10,15H,1,6-7,11H2,2H3,(H,24,26)(H,21,22,23). The van der Waals surface area contributed by atoms with Crippen LogP contribution in [0.3, 0.4) is 0 Å². The van der Waals surface area contributed by atoms with Gasteiger partial charge in [-0.2, -0.15) is 0 Å². The molecule has 2 aromatic rings. The number of aryl methyl sites for hydroxylation is 1. The number of carbonyl (C=O) groups excluding carboxylic acids is 2. The average molecular weight is 386 g/mol. The Hall–Kier alpha value is -2.93. The van der Waals surface area contributed by atoms with Crippen molar-refractivity contribution in [3.8, 4) is 0 Å². The van der Waals surface area contributed by atoms with Crippen molar-refractivity contribution in [3.63, 3.8) is 0 Å². The normalized spacial score (nSPS) is 16.1. The van der Waals surface area contributed by atoms with Crippen molar-refractivity contribution in [2.75, 3.05) is 23.7 Å². The molecule has 1 aliphatic heterocycles. The minimum atomic E-state index is -0.282. The Bertz CT molecular complexity index is 869. The Morgan fingerprint density at radius 3 is 2.74 bits per heavy atom. The van der Waals surface area contributed by atoms with Crippen LogP contribution < -0.4 is 10.6 Å². The van der Waals surface area contributed by atoms with Gasteiger partial charge in [-0.1, -0.05) is 18.2 Å². The van der Waals surface area contributed by atoms with Crippen LogP contribution in [0.2, 0.25) is 5.02 Å². The van der Waals surface area contributed by atoms with Crippen LogP contribution in [-0.2, 0) is 4.79 Å². The monoisotopic (exact) mass is 385 g/mol. The zero-order valence-corrected chi connectivity index (χ0v) is 15.7. The fourth-order valence-electron chi connectivity index (χ4n) is 2.94. The van der Waals surface area contributed by atoms with Gasteiger partial charge in [0, 0.05) is 30.4 Å². The SMILES string of the molecule is C=CC(=O)Nc1ccc(C(=O)N2CCC(Nc3ncc(Cl)cn3)C2)cc1C. The Labute approximate surface area is 162 Å². The third-order valence-electron chi connectivity index (χ3n) is 4.35. The van der Waals surface area contributed by atoms with E-state index in [1.807, 2.05) is 6.92 Å². The fourth-order valence-corrected chi connectivity index (χ4v) is 3.03. The fraction of sp³-hybridized carbons (Fsp3) is 0.263. The molecular formula is C19H20ClN5O2. The van der Waals surface area contributed by atoms with Gasteiger partial charge in [0.1, 0.15) is 0 Å². The lowest BCUT2D eigenvalue weighted by molar-refractivity contribution is -0.111. The predicted molar refractivity (Wildman–Crippen MR) is 105 cm³/mol. The molecule has 27 heavy (non-hydrogen) atoms. The molecule has 0 bridgehead atoms. The second kappa shape index (κ2) is 8.18. The van der Waals surface area contributed by atoms with Crippen molar-refractivity contribution in [2.45, 2.75) is 19.4 Å². The summed E-state index contributed by atoms with van der Waals surface area (Å²) in [7, 11) is 0. The maximum Gasteiger partial charge on any atom is 0.253 e. The van der Waals surface area contributed by atoms with Gasteiger partial charge in [-0.25, -0.2) is 9.97 Å². The van der Waals surface area contributed by atoms with E-state index in [2.05, 4.69) is 27.2 Å². The first kappa shape index (κ1) is 18.8. The van der Waals surface area contributed by atoms with Crippen molar-refractivity contribution in [1.82, 2.24) is 14.9 Å². The van der Waals surface area contributed by atoms with Gasteiger partial charge in [0.15, 0.2) is 0 Å². The highest BCUT2D eigenvalue weighted by molar-refractivity contribution is 6.30. The number of anilines is 2. The summed E-state index contributed by atoms with van der Waals surface area (Å²) in [5.74, 6) is 0.174. The van der Waals surface area contributed by atoms with Crippen LogP contribution in [0.4, 0.5) is 11.6 Å². The first-order valence-corrected chi connectivity index (χ1v) is 8.91. The van der Waals surface area contributed by atoms with Gasteiger partial charge in [-0.3, -0.25) is 9.59 Å². The van der Waals surface area contributed by atoms with Crippen LogP contribution in [0.1, 0.15) is 22.3 Å². The number of nitrogens with one attached hydrogen (secondary N) is 2. The van der Waals surface area contributed by atoms with Crippen LogP contribution in [-0.4, -0.2) is 45.8 Å². The number of hydrogen-bond donors (Lipinski definition) is 2. The topological polar surface area (TPSA) is 87.2 Å². The van der Waals surface area contributed by atoms with Gasteiger partial charge in [-0.15, -0.1) is 0 Å². The van der Waals surface area contributed by atoms with E-state index in [1.165, 1.54) is 18.5 Å². The van der Waals surface area contributed by atoms with Crippen molar-refractivity contribution in [3.05, 3.63) is 59.4 Å². The van der Waals surface area contributed by atoms with E-state index in [1.54, 1.807) is 23.1 Å². The molecule has 1 aromatic carbocycles. The maximum atomic E-state index is 12.8. The van der Waals surface area contributed by atoms with Gasteiger partial charge in [0.2, 0.25) is 11.9 Å². The maximum absolute atomic E-state index is 12.8. The van der Waals surface area contributed by atoms with E-state index < -0.39 is 0 Å². The molecule has 1 aliphatic rings. The lowest BCUT2D eigenvalue weighted by Gasteiger charge is -2.18. The molecule has 7 nitrogen and oxygen atoms in total. The van der Waals surface area contributed by atoms with E-state index in [4.69, 9.17) is 11.6 Å². The molecular weight excluding hydrogens is 366 g/mol. The highest BCUT2D eigenvalue weighted by Crippen LogP contribution is 2.21. The molecule has 0 saturated carbocycles. The second-order valence-corrected chi connectivity index (χ2v) is 6.77. The van der Waals surface area contributed by atoms with E-state index in [0.29, 0.717) is 35.3 Å². The molecule has 0 aliphatic carbocycles. The number of rotatable bonds is 5. The molecule has 1 saturated heterocycles. The van der Waals surface area contributed by atoms with Crippen LogP contribution >= 0.6 is 11.6 Å². The summed E-state index contributed by atoms with van der Waals surface area (Å²) in [4.78, 5) is 34.3. The van der Waals surface area contributed by atoms with Gasteiger partial charge in [0.05, 0.1) is 17.4 Å². The number of nitrogens with zero attached hydrogens (tertiary/aromatic N) is 3. The minimum absolute atomic E-state index is 0.0407. The van der Waals surface area contributed by atoms with Crippen molar-refractivity contribution < 1.29 is 9.59 Å². The third-order valence-corrected chi connectivity index (χ3v) is 4.54. The summed E-state index contributed by atoms with van der Waals surface area (Å²) in [6.45, 7) is 6.50. The van der Waals surface area contributed by atoms with Crippen LogP contribution in [0.5, 0.6) is 0 Å². The van der Waals surface area contributed by atoms with Crippen molar-refractivity contribution >= 4 is 35.1 Å². The van der Waals surface area contributed by atoms with E-state index >= 15 is 0 Å². The molecule has 1 atom stereocenters. The molecule has 0 spiro atoms. The van der Waals surface area contributed by atoms with Gasteiger partial charge in [0.25, 0.3) is 5.91 Å². The number of aromatic nitrogens is 2.